The fourth-order valence-corrected chi connectivity index (χ4v) is 2.23. The van der Waals surface area contributed by atoms with Crippen LogP contribution in [-0.4, -0.2) is 12.1 Å². The van der Waals surface area contributed by atoms with Gasteiger partial charge in [0.05, 0.1) is 28.0 Å². The standard InChI is InChI=1S/C13H10IN3O2/c1-18-12-6-9(2-3-17-12)19-13-10(14)4-8(7-15)5-11(13)16/h2-6H,16H2,1H3. The first-order chi connectivity index (χ1) is 9.13. The fourth-order valence-electron chi connectivity index (χ4n) is 1.47. The highest BCUT2D eigenvalue weighted by molar-refractivity contribution is 14.1. The average molecular weight is 367 g/mol. The minimum atomic E-state index is 0.416. The van der Waals surface area contributed by atoms with Gasteiger partial charge in [-0.15, -0.1) is 0 Å². The third-order valence-electron chi connectivity index (χ3n) is 2.34. The van der Waals surface area contributed by atoms with E-state index in [1.807, 2.05) is 6.07 Å². The number of benzene rings is 1. The molecule has 5 nitrogen and oxygen atoms in total. The first-order valence-corrected chi connectivity index (χ1v) is 6.39. The molecule has 0 saturated heterocycles. The Kier molecular flexibility index (Phi) is 4.06. The second kappa shape index (κ2) is 5.75. The quantitative estimate of drug-likeness (QED) is 0.667. The van der Waals surface area contributed by atoms with Crippen LogP contribution >= 0.6 is 22.6 Å². The van der Waals surface area contributed by atoms with Gasteiger partial charge in [0.15, 0.2) is 5.75 Å². The zero-order chi connectivity index (χ0) is 13.8. The van der Waals surface area contributed by atoms with Crippen LogP contribution in [0.25, 0.3) is 0 Å². The summed E-state index contributed by atoms with van der Waals surface area (Å²) in [5.74, 6) is 1.55. The lowest BCUT2D eigenvalue weighted by atomic mass is 10.2. The van der Waals surface area contributed by atoms with E-state index in [4.69, 9.17) is 20.5 Å². The third-order valence-corrected chi connectivity index (χ3v) is 3.14. The van der Waals surface area contributed by atoms with E-state index >= 15 is 0 Å². The molecule has 1 aromatic heterocycles. The summed E-state index contributed by atoms with van der Waals surface area (Å²) in [5, 5.41) is 8.86. The van der Waals surface area contributed by atoms with Crippen molar-refractivity contribution in [1.29, 1.82) is 5.26 Å². The van der Waals surface area contributed by atoms with Crippen molar-refractivity contribution in [2.45, 2.75) is 0 Å². The van der Waals surface area contributed by atoms with Gasteiger partial charge in [-0.2, -0.15) is 5.26 Å². The lowest BCUT2D eigenvalue weighted by Gasteiger charge is -2.11. The highest BCUT2D eigenvalue weighted by Crippen LogP contribution is 2.34. The van der Waals surface area contributed by atoms with Crippen LogP contribution in [0.5, 0.6) is 17.4 Å². The summed E-state index contributed by atoms with van der Waals surface area (Å²) in [6, 6.07) is 8.70. The lowest BCUT2D eigenvalue weighted by molar-refractivity contribution is 0.392. The SMILES string of the molecule is COc1cc(Oc2c(N)cc(C#N)cc2I)ccn1. The van der Waals surface area contributed by atoms with Crippen molar-refractivity contribution in [2.24, 2.45) is 0 Å². The molecular formula is C13H10IN3O2. The van der Waals surface area contributed by atoms with Gasteiger partial charge < -0.3 is 15.2 Å². The Morgan fingerprint density at radius 1 is 1.37 bits per heavy atom. The maximum atomic E-state index is 8.86. The number of rotatable bonds is 3. The van der Waals surface area contributed by atoms with E-state index in [2.05, 4.69) is 27.6 Å². The van der Waals surface area contributed by atoms with Crippen molar-refractivity contribution >= 4 is 28.3 Å². The molecular weight excluding hydrogens is 357 g/mol. The normalized spacial score (nSPS) is 9.74. The number of hydrogen-bond acceptors (Lipinski definition) is 5. The highest BCUT2D eigenvalue weighted by Gasteiger charge is 2.10. The van der Waals surface area contributed by atoms with Crippen molar-refractivity contribution in [1.82, 2.24) is 4.98 Å². The number of hydrogen-bond donors (Lipinski definition) is 1. The van der Waals surface area contributed by atoms with Gasteiger partial charge in [0.2, 0.25) is 5.88 Å². The number of anilines is 1. The van der Waals surface area contributed by atoms with Gasteiger partial charge in [0.25, 0.3) is 0 Å². The number of ether oxygens (including phenoxy) is 2. The Labute approximate surface area is 124 Å². The average Bonchev–Trinajstić information content (AvgIpc) is 2.42. The molecule has 6 heteroatoms. The monoisotopic (exact) mass is 367 g/mol. The molecule has 0 amide bonds. The van der Waals surface area contributed by atoms with Gasteiger partial charge in [0, 0.05) is 12.3 Å². The summed E-state index contributed by atoms with van der Waals surface area (Å²) >= 11 is 2.08. The molecule has 0 unspecified atom stereocenters. The van der Waals surface area contributed by atoms with Crippen LogP contribution in [0.3, 0.4) is 0 Å². The van der Waals surface area contributed by atoms with Gasteiger partial charge in [-0.3, -0.25) is 0 Å². The molecule has 1 aromatic carbocycles. The second-order valence-corrected chi connectivity index (χ2v) is 4.79. The van der Waals surface area contributed by atoms with Crippen molar-refractivity contribution in [3.8, 4) is 23.4 Å². The van der Waals surface area contributed by atoms with E-state index in [-0.39, 0.29) is 0 Å². The van der Waals surface area contributed by atoms with Gasteiger partial charge in [0.1, 0.15) is 5.75 Å². The number of aromatic nitrogens is 1. The van der Waals surface area contributed by atoms with E-state index in [1.165, 1.54) is 7.11 Å². The molecule has 0 aliphatic carbocycles. The number of halogens is 1. The van der Waals surface area contributed by atoms with Gasteiger partial charge in [-0.1, -0.05) is 0 Å². The van der Waals surface area contributed by atoms with E-state index in [1.54, 1.807) is 30.5 Å². The van der Waals surface area contributed by atoms with Crippen LogP contribution in [0, 0.1) is 14.9 Å². The van der Waals surface area contributed by atoms with E-state index in [0.29, 0.717) is 28.6 Å². The Bertz CT molecular complexity index is 630. The molecule has 2 rings (SSSR count). The highest BCUT2D eigenvalue weighted by atomic mass is 127. The molecule has 0 radical (unpaired) electrons. The van der Waals surface area contributed by atoms with Crippen LogP contribution in [-0.2, 0) is 0 Å². The second-order valence-electron chi connectivity index (χ2n) is 3.62. The molecule has 0 aliphatic heterocycles. The molecule has 0 atom stereocenters. The number of methoxy groups -OCH3 is 1. The Morgan fingerprint density at radius 2 is 2.16 bits per heavy atom. The molecule has 0 spiro atoms. The summed E-state index contributed by atoms with van der Waals surface area (Å²) < 4.78 is 11.5. The van der Waals surface area contributed by atoms with Crippen LogP contribution in [0.4, 0.5) is 5.69 Å². The number of nitrogen functional groups attached to an aromatic ring is 1. The topological polar surface area (TPSA) is 81.2 Å². The Morgan fingerprint density at radius 3 is 2.79 bits per heavy atom. The van der Waals surface area contributed by atoms with E-state index < -0.39 is 0 Å². The summed E-state index contributed by atoms with van der Waals surface area (Å²) in [5.41, 5.74) is 6.81. The lowest BCUT2D eigenvalue weighted by Crippen LogP contribution is -1.97. The molecule has 0 bridgehead atoms. The molecule has 19 heavy (non-hydrogen) atoms. The maximum Gasteiger partial charge on any atom is 0.216 e. The van der Waals surface area contributed by atoms with E-state index in [9.17, 15) is 0 Å². The predicted molar refractivity (Wildman–Crippen MR) is 79.1 cm³/mol. The summed E-state index contributed by atoms with van der Waals surface area (Å²) in [7, 11) is 1.53. The molecule has 96 valence electrons. The largest absolute Gasteiger partial charge is 0.481 e. The first-order valence-electron chi connectivity index (χ1n) is 5.31. The van der Waals surface area contributed by atoms with Gasteiger partial charge in [-0.05, 0) is 40.8 Å². The maximum absolute atomic E-state index is 8.86. The first kappa shape index (κ1) is 13.4. The smallest absolute Gasteiger partial charge is 0.216 e. The minimum absolute atomic E-state index is 0.416. The molecule has 0 aliphatic rings. The Balaban J connectivity index is 2.36. The molecule has 0 fully saturated rings. The minimum Gasteiger partial charge on any atom is -0.481 e. The van der Waals surface area contributed by atoms with Crippen molar-refractivity contribution in [3.63, 3.8) is 0 Å². The molecule has 2 aromatic rings. The zero-order valence-corrected chi connectivity index (χ0v) is 12.2. The van der Waals surface area contributed by atoms with Crippen LogP contribution in [0.15, 0.2) is 30.5 Å². The predicted octanol–water partition coefficient (Wildman–Crippen LogP) is 2.94. The van der Waals surface area contributed by atoms with Crippen LogP contribution in [0.1, 0.15) is 5.56 Å². The molecule has 2 N–H and O–H groups in total. The fraction of sp³-hybridized carbons (Fsp3) is 0.0769. The van der Waals surface area contributed by atoms with Gasteiger partial charge >= 0.3 is 0 Å². The zero-order valence-electron chi connectivity index (χ0n) is 10.1. The van der Waals surface area contributed by atoms with E-state index in [0.717, 1.165) is 3.57 Å². The van der Waals surface area contributed by atoms with Crippen LogP contribution < -0.4 is 15.2 Å². The summed E-state index contributed by atoms with van der Waals surface area (Å²) in [6.45, 7) is 0. The molecule has 0 saturated carbocycles. The third kappa shape index (κ3) is 3.06. The Hall–Kier alpha value is -2.01. The number of nitrogens with two attached hydrogens (primary N) is 1. The van der Waals surface area contributed by atoms with Crippen molar-refractivity contribution < 1.29 is 9.47 Å². The summed E-state index contributed by atoms with van der Waals surface area (Å²) in [4.78, 5) is 3.99. The summed E-state index contributed by atoms with van der Waals surface area (Å²) in [6.07, 6.45) is 1.58. The van der Waals surface area contributed by atoms with Gasteiger partial charge in [-0.25, -0.2) is 4.98 Å². The van der Waals surface area contributed by atoms with Crippen LogP contribution in [0.2, 0.25) is 0 Å². The molecule has 1 heterocycles. The van der Waals surface area contributed by atoms with Crippen molar-refractivity contribution in [3.05, 3.63) is 39.6 Å². The van der Waals surface area contributed by atoms with Crippen molar-refractivity contribution in [2.75, 3.05) is 12.8 Å². The number of nitriles is 1. The number of pyridine rings is 1. The number of nitrogens with zero attached hydrogens (tertiary/aromatic N) is 2.